The van der Waals surface area contributed by atoms with Crippen molar-refractivity contribution in [1.29, 1.82) is 0 Å². The Morgan fingerprint density at radius 3 is 2.11 bits per heavy atom. The van der Waals surface area contributed by atoms with Gasteiger partial charge < -0.3 is 14.3 Å². The molecule has 6 nitrogen and oxygen atoms in total. The zero-order valence-electron chi connectivity index (χ0n) is 15.0. The van der Waals surface area contributed by atoms with Gasteiger partial charge in [0, 0.05) is 0 Å². The van der Waals surface area contributed by atoms with Crippen molar-refractivity contribution < 1.29 is 28.3 Å². The first-order chi connectivity index (χ1) is 13.5. The number of oxime groups is 1. The van der Waals surface area contributed by atoms with Gasteiger partial charge in [0.15, 0.2) is 12.3 Å². The lowest BCUT2D eigenvalue weighted by Crippen LogP contribution is -2.39. The molecule has 0 spiro atoms. The Morgan fingerprint density at radius 1 is 1.04 bits per heavy atom. The predicted molar refractivity (Wildman–Crippen MR) is 105 cm³/mol. The van der Waals surface area contributed by atoms with Crippen molar-refractivity contribution in [1.82, 2.24) is 0 Å². The molecule has 0 aliphatic heterocycles. The Balaban J connectivity index is 2.05. The Morgan fingerprint density at radius 2 is 1.57 bits per heavy atom. The third-order valence-corrected chi connectivity index (χ3v) is 4.40. The van der Waals surface area contributed by atoms with Crippen molar-refractivity contribution in [2.75, 3.05) is 13.7 Å². The summed E-state index contributed by atoms with van der Waals surface area (Å²) < 4.78 is 25.0. The molecule has 148 valence electrons. The van der Waals surface area contributed by atoms with Crippen molar-refractivity contribution in [2.45, 2.75) is 17.1 Å². The SMILES string of the molecule is CO/N=C/C(F)C(OC(=O)c1ccccc1)C(Br)COC(=O)c1ccccc1. The lowest BCUT2D eigenvalue weighted by atomic mass is 10.1. The van der Waals surface area contributed by atoms with Crippen LogP contribution in [-0.2, 0) is 14.3 Å². The molecule has 0 saturated heterocycles. The molecule has 2 rings (SSSR count). The highest BCUT2D eigenvalue weighted by Gasteiger charge is 2.32. The van der Waals surface area contributed by atoms with Gasteiger partial charge in [0.1, 0.15) is 13.7 Å². The summed E-state index contributed by atoms with van der Waals surface area (Å²) >= 11 is 3.24. The van der Waals surface area contributed by atoms with Crippen LogP contribution in [0.1, 0.15) is 20.7 Å². The maximum Gasteiger partial charge on any atom is 0.338 e. The lowest BCUT2D eigenvalue weighted by molar-refractivity contribution is 0.00846. The summed E-state index contributed by atoms with van der Waals surface area (Å²) in [6.07, 6.45) is -2.21. The van der Waals surface area contributed by atoms with E-state index in [1.54, 1.807) is 60.7 Å². The van der Waals surface area contributed by atoms with Gasteiger partial charge in [0.05, 0.1) is 22.2 Å². The van der Waals surface area contributed by atoms with E-state index in [-0.39, 0.29) is 12.2 Å². The fraction of sp³-hybridized carbons (Fsp3) is 0.250. The van der Waals surface area contributed by atoms with E-state index in [4.69, 9.17) is 9.47 Å². The van der Waals surface area contributed by atoms with Crippen LogP contribution in [0.15, 0.2) is 65.8 Å². The fourth-order valence-electron chi connectivity index (χ4n) is 2.22. The van der Waals surface area contributed by atoms with Crippen LogP contribution >= 0.6 is 15.9 Å². The monoisotopic (exact) mass is 451 g/mol. The van der Waals surface area contributed by atoms with E-state index in [1.807, 2.05) is 0 Å². The van der Waals surface area contributed by atoms with Gasteiger partial charge in [-0.15, -0.1) is 0 Å². The second kappa shape index (κ2) is 11.2. The van der Waals surface area contributed by atoms with Crippen molar-refractivity contribution in [3.63, 3.8) is 0 Å². The van der Waals surface area contributed by atoms with E-state index in [0.29, 0.717) is 5.56 Å². The maximum absolute atomic E-state index is 14.6. The number of carbonyl (C=O) groups is 2. The highest BCUT2D eigenvalue weighted by molar-refractivity contribution is 9.09. The standard InChI is InChI=1S/C20H19BrFNO5/c1-26-23-12-17(22)18(28-20(25)15-10-6-3-7-11-15)16(21)13-27-19(24)14-8-4-2-5-9-14/h2-12,16-18H,13H2,1H3/b23-12+. The molecule has 0 amide bonds. The predicted octanol–water partition coefficient (Wildman–Crippen LogP) is 3.80. The number of ether oxygens (including phenoxy) is 2. The van der Waals surface area contributed by atoms with Crippen molar-refractivity contribution in [3.05, 3.63) is 71.8 Å². The summed E-state index contributed by atoms with van der Waals surface area (Å²) in [6, 6.07) is 16.5. The van der Waals surface area contributed by atoms with Gasteiger partial charge in [0.2, 0.25) is 0 Å². The smallest absolute Gasteiger partial charge is 0.338 e. The summed E-state index contributed by atoms with van der Waals surface area (Å²) in [5.74, 6) is -1.28. The topological polar surface area (TPSA) is 74.2 Å². The molecule has 0 heterocycles. The van der Waals surface area contributed by atoms with Crippen LogP contribution in [0.2, 0.25) is 0 Å². The molecular formula is C20H19BrFNO5. The first kappa shape index (κ1) is 21.6. The molecule has 8 heteroatoms. The zero-order valence-corrected chi connectivity index (χ0v) is 16.6. The van der Waals surface area contributed by atoms with Gasteiger partial charge in [-0.1, -0.05) is 57.5 Å². The first-order valence-corrected chi connectivity index (χ1v) is 9.27. The van der Waals surface area contributed by atoms with Crippen LogP contribution in [0.5, 0.6) is 0 Å². The van der Waals surface area contributed by atoms with Gasteiger partial charge in [-0.2, -0.15) is 0 Å². The molecule has 0 aromatic heterocycles. The largest absolute Gasteiger partial charge is 0.461 e. The van der Waals surface area contributed by atoms with Crippen LogP contribution in [0.4, 0.5) is 4.39 Å². The molecule has 2 aromatic rings. The minimum atomic E-state index is -1.78. The average Bonchev–Trinajstić information content (AvgIpc) is 2.74. The van der Waals surface area contributed by atoms with Gasteiger partial charge >= 0.3 is 11.9 Å². The summed E-state index contributed by atoms with van der Waals surface area (Å²) in [7, 11) is 1.27. The Bertz CT molecular complexity index is 788. The maximum atomic E-state index is 14.6. The van der Waals surface area contributed by atoms with Crippen LogP contribution in [0, 0.1) is 0 Å². The molecule has 0 radical (unpaired) electrons. The van der Waals surface area contributed by atoms with Crippen LogP contribution in [0.25, 0.3) is 0 Å². The van der Waals surface area contributed by atoms with Crippen LogP contribution in [-0.4, -0.2) is 49.0 Å². The number of carbonyl (C=O) groups excluding carboxylic acids is 2. The second-order valence-corrected chi connectivity index (χ2v) is 6.77. The minimum absolute atomic E-state index is 0.221. The highest BCUT2D eigenvalue weighted by Crippen LogP contribution is 2.19. The third kappa shape index (κ3) is 6.45. The van der Waals surface area contributed by atoms with Gasteiger partial charge in [-0.05, 0) is 24.3 Å². The van der Waals surface area contributed by atoms with Gasteiger partial charge in [0.25, 0.3) is 0 Å². The van der Waals surface area contributed by atoms with E-state index >= 15 is 0 Å². The number of halogens is 2. The van der Waals surface area contributed by atoms with Gasteiger partial charge in [-0.25, -0.2) is 14.0 Å². The second-order valence-electron chi connectivity index (χ2n) is 5.60. The van der Waals surface area contributed by atoms with Crippen molar-refractivity contribution >= 4 is 34.1 Å². The Kier molecular flexibility index (Phi) is 8.61. The fourth-order valence-corrected chi connectivity index (χ4v) is 2.75. The molecule has 0 aliphatic carbocycles. The highest BCUT2D eigenvalue weighted by atomic mass is 79.9. The minimum Gasteiger partial charge on any atom is -0.461 e. The summed E-state index contributed by atoms with van der Waals surface area (Å²) in [5.41, 5.74) is 0.627. The number of alkyl halides is 2. The average molecular weight is 452 g/mol. The molecule has 0 saturated carbocycles. The zero-order chi connectivity index (χ0) is 20.4. The van der Waals surface area contributed by atoms with Crippen molar-refractivity contribution in [2.24, 2.45) is 5.16 Å². The molecule has 0 N–H and O–H groups in total. The van der Waals surface area contributed by atoms with Gasteiger partial charge in [-0.3, -0.25) is 0 Å². The molecule has 3 atom stereocenters. The molecule has 2 aromatic carbocycles. The van der Waals surface area contributed by atoms with Crippen LogP contribution < -0.4 is 0 Å². The van der Waals surface area contributed by atoms with Crippen molar-refractivity contribution in [3.8, 4) is 0 Å². The summed E-state index contributed by atoms with van der Waals surface area (Å²) in [5, 5.41) is 3.38. The molecule has 3 unspecified atom stereocenters. The normalized spacial score (nSPS) is 14.1. The molecule has 0 fully saturated rings. The van der Waals surface area contributed by atoms with E-state index in [2.05, 4.69) is 25.9 Å². The van der Waals surface area contributed by atoms with Crippen LogP contribution in [0.3, 0.4) is 0 Å². The number of esters is 2. The number of nitrogens with zero attached hydrogens (tertiary/aromatic N) is 1. The van der Waals surface area contributed by atoms with E-state index < -0.39 is 29.0 Å². The van der Waals surface area contributed by atoms with E-state index in [9.17, 15) is 14.0 Å². The Hall–Kier alpha value is -2.74. The first-order valence-electron chi connectivity index (χ1n) is 8.36. The third-order valence-electron chi connectivity index (χ3n) is 3.61. The molecule has 0 aliphatic rings. The molecule has 28 heavy (non-hydrogen) atoms. The van der Waals surface area contributed by atoms with E-state index in [0.717, 1.165) is 6.21 Å². The Labute approximate surface area is 170 Å². The quantitative estimate of drug-likeness (QED) is 0.251. The number of rotatable bonds is 9. The van der Waals surface area contributed by atoms with E-state index in [1.165, 1.54) is 7.11 Å². The number of hydrogen-bond acceptors (Lipinski definition) is 6. The molecular weight excluding hydrogens is 433 g/mol. The molecule has 0 bridgehead atoms. The number of hydrogen-bond donors (Lipinski definition) is 0. The summed E-state index contributed by atoms with van der Waals surface area (Å²) in [4.78, 5) is 28.0. The lowest BCUT2D eigenvalue weighted by Gasteiger charge is -2.24. The summed E-state index contributed by atoms with van der Waals surface area (Å²) in [6.45, 7) is -0.221. The number of benzene rings is 2.